The van der Waals surface area contributed by atoms with Crippen molar-refractivity contribution >= 4 is 26.7 Å². The minimum Gasteiger partial charge on any atom is -0.369 e. The molecule has 0 radical (unpaired) electrons. The van der Waals surface area contributed by atoms with Gasteiger partial charge in [0.2, 0.25) is 0 Å². The van der Waals surface area contributed by atoms with E-state index in [9.17, 15) is 0 Å². The van der Waals surface area contributed by atoms with Gasteiger partial charge in [-0.3, -0.25) is 0 Å². The second kappa shape index (κ2) is 7.83. The molecule has 0 saturated heterocycles. The van der Waals surface area contributed by atoms with E-state index in [-0.39, 0.29) is 12.4 Å². The largest absolute Gasteiger partial charge is 0.574 e. The van der Waals surface area contributed by atoms with Gasteiger partial charge in [0.25, 0.3) is 0 Å². The first-order chi connectivity index (χ1) is 7.70. The molecule has 0 amide bonds. The van der Waals surface area contributed by atoms with Crippen molar-refractivity contribution < 1.29 is 13.3 Å². The first kappa shape index (κ1) is 16.6. The first-order valence-electron chi connectivity index (χ1n) is 5.59. The van der Waals surface area contributed by atoms with Crippen molar-refractivity contribution in [2.75, 3.05) is 19.8 Å². The van der Waals surface area contributed by atoms with Crippen molar-refractivity contribution in [2.45, 2.75) is 20.8 Å². The number of aryl methyl sites for hydroxylation is 1. The fraction of sp³-hybridized carbons (Fsp3) is 0.700. The van der Waals surface area contributed by atoms with E-state index in [1.54, 1.807) is 6.20 Å². The van der Waals surface area contributed by atoms with Crippen molar-refractivity contribution in [1.29, 1.82) is 0 Å². The molecule has 1 heterocycles. The van der Waals surface area contributed by atoms with E-state index in [2.05, 4.69) is 4.98 Å². The molecule has 0 aliphatic rings. The summed E-state index contributed by atoms with van der Waals surface area (Å²) in [6.07, 6.45) is 3.60. The van der Waals surface area contributed by atoms with Crippen LogP contribution in [0.3, 0.4) is 0 Å². The van der Waals surface area contributed by atoms with Gasteiger partial charge in [0.05, 0.1) is 0 Å². The monoisotopic (exact) mass is 280 g/mol. The van der Waals surface area contributed by atoms with Crippen LogP contribution >= 0.6 is 12.4 Å². The van der Waals surface area contributed by atoms with Gasteiger partial charge in [0.15, 0.2) is 5.45 Å². The molecule has 17 heavy (non-hydrogen) atoms. The Hall–Kier alpha value is -0.403. The lowest BCUT2D eigenvalue weighted by molar-refractivity contribution is 0.0835. The Morgan fingerprint density at radius 2 is 1.59 bits per heavy atom. The Bertz CT molecular complexity index is 305. The van der Waals surface area contributed by atoms with Gasteiger partial charge in [0.1, 0.15) is 0 Å². The van der Waals surface area contributed by atoms with Crippen molar-refractivity contribution in [3.05, 3.63) is 12.4 Å². The van der Waals surface area contributed by atoms with Gasteiger partial charge < -0.3 is 17.8 Å². The summed E-state index contributed by atoms with van der Waals surface area (Å²) in [6.45, 7) is 7.46. The summed E-state index contributed by atoms with van der Waals surface area (Å²) in [5, 5.41) is 0. The van der Waals surface area contributed by atoms with Gasteiger partial charge in [-0.2, -0.15) is 0 Å². The lowest BCUT2D eigenvalue weighted by Crippen LogP contribution is -2.60. The minimum absolute atomic E-state index is 0. The van der Waals surface area contributed by atoms with E-state index in [1.165, 1.54) is 0 Å². The third-order valence-corrected chi connectivity index (χ3v) is 5.13. The predicted molar refractivity (Wildman–Crippen MR) is 70.7 cm³/mol. The topological polar surface area (TPSA) is 45.5 Å². The van der Waals surface area contributed by atoms with Crippen LogP contribution < -0.4 is 5.45 Å². The highest BCUT2D eigenvalue weighted by Crippen LogP contribution is 2.09. The van der Waals surface area contributed by atoms with Crippen LogP contribution in [0.1, 0.15) is 20.8 Å². The standard InChI is InChI=1S/C10H20N2O3Si.ClH/c1-5-13-16(14-6-2,15-7-3)10-11-8-9-12(10)4;/h8-9H,5-7H2,1-4H3;1H. The zero-order valence-electron chi connectivity index (χ0n) is 10.8. The lowest BCUT2D eigenvalue weighted by Gasteiger charge is -2.27. The van der Waals surface area contributed by atoms with Crippen molar-refractivity contribution in [2.24, 2.45) is 7.05 Å². The molecule has 1 aromatic rings. The smallest absolute Gasteiger partial charge is 0.369 e. The van der Waals surface area contributed by atoms with E-state index in [4.69, 9.17) is 13.3 Å². The molecule has 0 saturated carbocycles. The van der Waals surface area contributed by atoms with Gasteiger partial charge in [0, 0.05) is 39.3 Å². The van der Waals surface area contributed by atoms with E-state index >= 15 is 0 Å². The number of halogens is 1. The lowest BCUT2D eigenvalue weighted by atomic mass is 10.9. The average Bonchev–Trinajstić information content (AvgIpc) is 2.66. The molecule has 100 valence electrons. The molecule has 0 aromatic carbocycles. The van der Waals surface area contributed by atoms with Gasteiger partial charge >= 0.3 is 8.80 Å². The number of nitrogens with zero attached hydrogens (tertiary/aromatic N) is 2. The molecule has 0 N–H and O–H groups in total. The Morgan fingerprint density at radius 3 is 1.88 bits per heavy atom. The predicted octanol–water partition coefficient (Wildman–Crippen LogP) is 1.10. The second-order valence-corrected chi connectivity index (χ2v) is 5.64. The van der Waals surface area contributed by atoms with Gasteiger partial charge in [-0.1, -0.05) is 0 Å². The third kappa shape index (κ3) is 3.79. The molecule has 0 spiro atoms. The highest BCUT2D eigenvalue weighted by Gasteiger charge is 2.47. The van der Waals surface area contributed by atoms with Crippen LogP contribution in [0, 0.1) is 0 Å². The fourth-order valence-electron chi connectivity index (χ4n) is 1.55. The van der Waals surface area contributed by atoms with Crippen molar-refractivity contribution in [3.63, 3.8) is 0 Å². The Labute approximate surface area is 110 Å². The second-order valence-electron chi connectivity index (χ2n) is 3.22. The molecule has 0 aliphatic carbocycles. The van der Waals surface area contributed by atoms with Crippen LogP contribution in [0.2, 0.25) is 0 Å². The van der Waals surface area contributed by atoms with E-state index in [0.717, 1.165) is 5.45 Å². The maximum Gasteiger partial charge on any atom is 0.574 e. The molecule has 1 rings (SSSR count). The minimum atomic E-state index is -2.81. The Balaban J connectivity index is 0.00000256. The summed E-state index contributed by atoms with van der Waals surface area (Å²) in [7, 11) is -0.894. The number of rotatable bonds is 7. The molecule has 7 heteroatoms. The van der Waals surface area contributed by atoms with E-state index < -0.39 is 8.80 Å². The molecule has 0 unspecified atom stereocenters. The van der Waals surface area contributed by atoms with Crippen LogP contribution in [0.4, 0.5) is 0 Å². The quantitative estimate of drug-likeness (QED) is 0.702. The molecule has 0 aliphatic heterocycles. The van der Waals surface area contributed by atoms with E-state index in [0.29, 0.717) is 19.8 Å². The van der Waals surface area contributed by atoms with Gasteiger partial charge in [-0.25, -0.2) is 4.98 Å². The van der Waals surface area contributed by atoms with Crippen LogP contribution in [-0.2, 0) is 20.3 Å². The van der Waals surface area contributed by atoms with Crippen molar-refractivity contribution in [3.8, 4) is 0 Å². The van der Waals surface area contributed by atoms with Crippen LogP contribution in [0.15, 0.2) is 12.4 Å². The number of hydrogen-bond acceptors (Lipinski definition) is 4. The number of imidazole rings is 1. The van der Waals surface area contributed by atoms with Gasteiger partial charge in [-0.05, 0) is 20.8 Å². The summed E-state index contributed by atoms with van der Waals surface area (Å²) in [6, 6.07) is 0. The van der Waals surface area contributed by atoms with Crippen molar-refractivity contribution in [1.82, 2.24) is 9.55 Å². The highest BCUT2D eigenvalue weighted by atomic mass is 35.5. The van der Waals surface area contributed by atoms with Crippen LogP contribution in [-0.4, -0.2) is 38.2 Å². The first-order valence-corrected chi connectivity index (χ1v) is 7.32. The highest BCUT2D eigenvalue weighted by molar-refractivity contribution is 6.74. The molecule has 0 bridgehead atoms. The van der Waals surface area contributed by atoms with Crippen LogP contribution in [0.25, 0.3) is 0 Å². The zero-order valence-corrected chi connectivity index (χ0v) is 12.6. The molecule has 0 atom stereocenters. The average molecular weight is 281 g/mol. The number of aromatic nitrogens is 2. The SMILES string of the molecule is CCO[Si](OCC)(OCC)c1nccn1C.Cl. The third-order valence-electron chi connectivity index (χ3n) is 2.10. The molecule has 0 fully saturated rings. The summed E-state index contributed by atoms with van der Waals surface area (Å²) >= 11 is 0. The molecule has 5 nitrogen and oxygen atoms in total. The molecule has 1 aromatic heterocycles. The summed E-state index contributed by atoms with van der Waals surface area (Å²) in [5.41, 5.74) is 0.762. The van der Waals surface area contributed by atoms with E-state index in [1.807, 2.05) is 38.6 Å². The molecular formula is C10H21ClN2O3Si. The van der Waals surface area contributed by atoms with Crippen LogP contribution in [0.5, 0.6) is 0 Å². The number of hydrogen-bond donors (Lipinski definition) is 0. The summed E-state index contributed by atoms with van der Waals surface area (Å²) in [4.78, 5) is 4.29. The van der Waals surface area contributed by atoms with Gasteiger partial charge in [-0.15, -0.1) is 12.4 Å². The maximum absolute atomic E-state index is 5.75. The normalized spacial score (nSPS) is 11.3. The Morgan fingerprint density at radius 1 is 1.12 bits per heavy atom. The zero-order chi connectivity index (χ0) is 12.0. The fourth-order valence-corrected chi connectivity index (χ4v) is 4.07. The summed E-state index contributed by atoms with van der Waals surface area (Å²) < 4.78 is 19.1. The Kier molecular flexibility index (Phi) is 7.65. The maximum atomic E-state index is 5.75. The summed E-state index contributed by atoms with van der Waals surface area (Å²) in [5.74, 6) is 0. The molecular weight excluding hydrogens is 260 g/mol.